The molecule has 0 rings (SSSR count). The van der Waals surface area contributed by atoms with Crippen LogP contribution in [0.25, 0.3) is 0 Å². The second-order valence-corrected chi connectivity index (χ2v) is 3.79. The number of hydrogen-bond acceptors (Lipinski definition) is 5. The number of hydrogen-bond donors (Lipinski definition) is 1. The van der Waals surface area contributed by atoms with E-state index in [2.05, 4.69) is 0 Å². The zero-order chi connectivity index (χ0) is 14.1. The average Bonchev–Trinajstić information content (AvgIpc) is 2.39. The molecule has 0 aliphatic rings. The van der Waals surface area contributed by atoms with Gasteiger partial charge in [0.2, 0.25) is 0 Å². The maximum Gasteiger partial charge on any atom is 0.333 e. The van der Waals surface area contributed by atoms with Gasteiger partial charge >= 0.3 is 11.9 Å². The van der Waals surface area contributed by atoms with Crippen LogP contribution in [0, 0.1) is 0 Å². The van der Waals surface area contributed by atoms with E-state index in [4.69, 9.17) is 9.47 Å². The van der Waals surface area contributed by atoms with Crippen molar-refractivity contribution in [3.8, 4) is 0 Å². The van der Waals surface area contributed by atoms with Crippen molar-refractivity contribution < 1.29 is 24.2 Å². The van der Waals surface area contributed by atoms with Gasteiger partial charge in [-0.3, -0.25) is 0 Å². The quantitative estimate of drug-likeness (QED) is 0.574. The fourth-order valence-electron chi connectivity index (χ4n) is 0.855. The van der Waals surface area contributed by atoms with Crippen LogP contribution in [-0.4, -0.2) is 36.4 Å². The molecule has 0 aliphatic heterocycles. The van der Waals surface area contributed by atoms with E-state index in [-0.39, 0.29) is 13.2 Å². The molecule has 0 bridgehead atoms. The van der Waals surface area contributed by atoms with E-state index in [0.717, 1.165) is 0 Å². The van der Waals surface area contributed by atoms with Crippen molar-refractivity contribution in [2.75, 3.05) is 13.2 Å². The largest absolute Gasteiger partial charge is 0.459 e. The molecule has 0 spiro atoms. The van der Waals surface area contributed by atoms with Gasteiger partial charge in [0, 0.05) is 11.1 Å². The van der Waals surface area contributed by atoms with Crippen molar-refractivity contribution in [2.45, 2.75) is 33.8 Å². The van der Waals surface area contributed by atoms with Crippen LogP contribution in [0.1, 0.15) is 27.7 Å². The number of rotatable bonds is 6. The van der Waals surface area contributed by atoms with E-state index in [1.807, 2.05) is 0 Å². The summed E-state index contributed by atoms with van der Waals surface area (Å²) in [5.74, 6) is -0.986. The van der Waals surface area contributed by atoms with Crippen molar-refractivity contribution in [1.29, 1.82) is 0 Å². The normalized spacial score (nSPS) is 14.1. The zero-order valence-electron chi connectivity index (χ0n) is 11.2. The number of aliphatic hydroxyl groups excluding tert-OH is 1. The van der Waals surface area contributed by atoms with Crippen molar-refractivity contribution in [3.63, 3.8) is 0 Å². The van der Waals surface area contributed by atoms with Crippen LogP contribution in [0.5, 0.6) is 0 Å². The molecule has 0 amide bonds. The van der Waals surface area contributed by atoms with Crippen molar-refractivity contribution in [1.82, 2.24) is 0 Å². The molecule has 102 valence electrons. The lowest BCUT2D eigenvalue weighted by molar-refractivity contribution is -0.147. The predicted molar refractivity (Wildman–Crippen MR) is 66.8 cm³/mol. The number of allylic oxidation sites excluding steroid dienone is 2. The Morgan fingerprint density at radius 2 is 1.33 bits per heavy atom. The van der Waals surface area contributed by atoms with Gasteiger partial charge in [-0.2, -0.15) is 0 Å². The molecule has 0 aromatic carbocycles. The lowest BCUT2D eigenvalue weighted by Crippen LogP contribution is -2.25. The van der Waals surface area contributed by atoms with E-state index in [0.29, 0.717) is 11.1 Å². The molecular formula is C13H20O5. The van der Waals surface area contributed by atoms with Crippen molar-refractivity contribution >= 4 is 11.9 Å². The molecule has 0 unspecified atom stereocenters. The van der Waals surface area contributed by atoms with E-state index < -0.39 is 18.0 Å². The third kappa shape index (κ3) is 6.20. The minimum absolute atomic E-state index is 0.202. The Morgan fingerprint density at radius 1 is 1.00 bits per heavy atom. The fourth-order valence-corrected chi connectivity index (χ4v) is 0.855. The summed E-state index contributed by atoms with van der Waals surface area (Å²) in [4.78, 5) is 22.5. The molecular weight excluding hydrogens is 236 g/mol. The van der Waals surface area contributed by atoms with Crippen LogP contribution >= 0.6 is 0 Å². The first kappa shape index (κ1) is 16.4. The molecule has 0 aliphatic carbocycles. The number of esters is 2. The van der Waals surface area contributed by atoms with E-state index in [9.17, 15) is 14.7 Å². The smallest absolute Gasteiger partial charge is 0.333 e. The van der Waals surface area contributed by atoms with Gasteiger partial charge in [-0.25, -0.2) is 9.59 Å². The van der Waals surface area contributed by atoms with Gasteiger partial charge in [0.15, 0.2) is 0 Å². The lowest BCUT2D eigenvalue weighted by atomic mass is 10.3. The minimum atomic E-state index is -1.02. The van der Waals surface area contributed by atoms with E-state index in [1.165, 1.54) is 0 Å². The SMILES string of the molecule is CC=C(C)C(=O)OCC(O)COC(=O)C(C)=CC. The summed E-state index contributed by atoms with van der Waals surface area (Å²) in [6.07, 6.45) is 2.21. The molecule has 5 nitrogen and oxygen atoms in total. The third-order valence-electron chi connectivity index (χ3n) is 2.32. The third-order valence-corrected chi connectivity index (χ3v) is 2.32. The minimum Gasteiger partial charge on any atom is -0.459 e. The van der Waals surface area contributed by atoms with Gasteiger partial charge in [-0.05, 0) is 27.7 Å². The summed E-state index contributed by atoms with van der Waals surface area (Å²) < 4.78 is 9.62. The van der Waals surface area contributed by atoms with Crippen LogP contribution in [0.4, 0.5) is 0 Å². The molecule has 0 atom stereocenters. The molecule has 5 heteroatoms. The van der Waals surface area contributed by atoms with E-state index in [1.54, 1.807) is 39.8 Å². The molecule has 0 aromatic rings. The average molecular weight is 256 g/mol. The van der Waals surface area contributed by atoms with Crippen LogP contribution in [0.2, 0.25) is 0 Å². The summed E-state index contributed by atoms with van der Waals surface area (Å²) in [5, 5.41) is 9.46. The van der Waals surface area contributed by atoms with Gasteiger partial charge in [0.05, 0.1) is 0 Å². The second-order valence-electron chi connectivity index (χ2n) is 3.79. The Balaban J connectivity index is 3.96. The molecule has 1 N–H and O–H groups in total. The highest BCUT2D eigenvalue weighted by molar-refractivity contribution is 5.88. The van der Waals surface area contributed by atoms with Crippen molar-refractivity contribution in [2.24, 2.45) is 0 Å². The van der Waals surface area contributed by atoms with E-state index >= 15 is 0 Å². The first-order valence-electron chi connectivity index (χ1n) is 5.70. The van der Waals surface area contributed by atoms with Gasteiger partial charge in [0.25, 0.3) is 0 Å². The zero-order valence-corrected chi connectivity index (χ0v) is 11.2. The summed E-state index contributed by atoms with van der Waals surface area (Å²) in [6, 6.07) is 0. The maximum absolute atomic E-state index is 11.3. The number of carbonyl (C=O) groups is 2. The van der Waals surface area contributed by atoms with Crippen LogP contribution in [0.3, 0.4) is 0 Å². The molecule has 0 radical (unpaired) electrons. The summed E-state index contributed by atoms with van der Waals surface area (Å²) in [6.45, 7) is 6.26. The molecule has 0 aromatic heterocycles. The number of ether oxygens (including phenoxy) is 2. The van der Waals surface area contributed by atoms with Crippen molar-refractivity contribution in [3.05, 3.63) is 23.3 Å². The maximum atomic E-state index is 11.3. The first-order valence-corrected chi connectivity index (χ1v) is 5.70. The Kier molecular flexibility index (Phi) is 7.71. The number of aliphatic hydroxyl groups is 1. The van der Waals surface area contributed by atoms with Crippen LogP contribution in [0.15, 0.2) is 23.3 Å². The second kappa shape index (κ2) is 8.47. The van der Waals surface area contributed by atoms with Gasteiger partial charge < -0.3 is 14.6 Å². The fraction of sp³-hybridized carbons (Fsp3) is 0.538. The Labute approximate surface area is 107 Å². The lowest BCUT2D eigenvalue weighted by Gasteiger charge is -2.12. The Hall–Kier alpha value is -1.62. The van der Waals surface area contributed by atoms with Gasteiger partial charge in [-0.1, -0.05) is 12.2 Å². The topological polar surface area (TPSA) is 72.8 Å². The molecule has 0 saturated heterocycles. The molecule has 18 heavy (non-hydrogen) atoms. The molecule has 0 fully saturated rings. The molecule has 0 saturated carbocycles. The van der Waals surface area contributed by atoms with Crippen LogP contribution in [-0.2, 0) is 19.1 Å². The standard InChI is InChI=1S/C13H20O5/c1-5-9(3)12(15)17-7-11(14)8-18-13(16)10(4)6-2/h5-6,11,14H,7-8H2,1-4H3. The summed E-state index contributed by atoms with van der Waals surface area (Å²) in [7, 11) is 0. The summed E-state index contributed by atoms with van der Waals surface area (Å²) >= 11 is 0. The predicted octanol–water partition coefficient (Wildman–Crippen LogP) is 1.37. The first-order chi connectivity index (χ1) is 8.42. The highest BCUT2D eigenvalue weighted by Gasteiger charge is 2.13. The Bertz CT molecular complexity index is 320. The van der Waals surface area contributed by atoms with Crippen LogP contribution < -0.4 is 0 Å². The monoisotopic (exact) mass is 256 g/mol. The summed E-state index contributed by atoms with van der Waals surface area (Å²) in [5.41, 5.74) is 0.924. The van der Waals surface area contributed by atoms with Gasteiger partial charge in [-0.15, -0.1) is 0 Å². The highest BCUT2D eigenvalue weighted by Crippen LogP contribution is 2.00. The highest BCUT2D eigenvalue weighted by atomic mass is 16.6. The molecule has 0 heterocycles. The Morgan fingerprint density at radius 3 is 1.61 bits per heavy atom. The van der Waals surface area contributed by atoms with Gasteiger partial charge in [0.1, 0.15) is 19.3 Å². The number of carbonyl (C=O) groups excluding carboxylic acids is 2.